The number of benzene rings is 1. The van der Waals surface area contributed by atoms with Crippen LogP contribution in [-0.4, -0.2) is 41.3 Å². The van der Waals surface area contributed by atoms with Gasteiger partial charge in [-0.25, -0.2) is 0 Å². The number of nitro benzene ring substituents is 1. The summed E-state index contributed by atoms with van der Waals surface area (Å²) in [5.41, 5.74) is 5.09. The first-order chi connectivity index (χ1) is 10.9. The number of nitro groups is 1. The number of ether oxygens (including phenoxy) is 1. The fourth-order valence-corrected chi connectivity index (χ4v) is 2.59. The predicted molar refractivity (Wildman–Crippen MR) is 82.1 cm³/mol. The van der Waals surface area contributed by atoms with E-state index in [4.69, 9.17) is 22.1 Å². The van der Waals surface area contributed by atoms with Gasteiger partial charge in [-0.05, 0) is 18.9 Å². The van der Waals surface area contributed by atoms with Crippen LogP contribution in [0.2, 0.25) is 5.02 Å². The molecule has 1 aliphatic heterocycles. The van der Waals surface area contributed by atoms with Gasteiger partial charge in [0.05, 0.1) is 9.95 Å². The third-order valence-corrected chi connectivity index (χ3v) is 4.02. The maximum absolute atomic E-state index is 12.1. The van der Waals surface area contributed by atoms with Gasteiger partial charge in [0.15, 0.2) is 6.61 Å². The van der Waals surface area contributed by atoms with E-state index in [0.29, 0.717) is 25.9 Å². The van der Waals surface area contributed by atoms with Crippen molar-refractivity contribution < 1.29 is 19.2 Å². The normalized spacial score (nSPS) is 15.3. The van der Waals surface area contributed by atoms with E-state index in [1.807, 2.05) is 0 Å². The van der Waals surface area contributed by atoms with Gasteiger partial charge in [-0.1, -0.05) is 11.6 Å². The molecule has 0 aromatic heterocycles. The molecule has 0 bridgehead atoms. The first-order valence-corrected chi connectivity index (χ1v) is 7.40. The van der Waals surface area contributed by atoms with E-state index in [0.717, 1.165) is 0 Å². The van der Waals surface area contributed by atoms with Crippen molar-refractivity contribution in [2.75, 3.05) is 19.7 Å². The second-order valence-electron chi connectivity index (χ2n) is 5.22. The van der Waals surface area contributed by atoms with Crippen molar-refractivity contribution in [2.45, 2.75) is 12.8 Å². The number of hydrogen-bond acceptors (Lipinski definition) is 5. The van der Waals surface area contributed by atoms with E-state index in [1.54, 1.807) is 4.90 Å². The molecule has 2 N–H and O–H groups in total. The van der Waals surface area contributed by atoms with Crippen LogP contribution in [0.15, 0.2) is 18.2 Å². The summed E-state index contributed by atoms with van der Waals surface area (Å²) in [6.45, 7) is 0.673. The van der Waals surface area contributed by atoms with Crippen molar-refractivity contribution in [3.05, 3.63) is 33.3 Å². The molecule has 1 heterocycles. The molecule has 0 saturated carbocycles. The number of nitrogens with two attached hydrogens (primary N) is 1. The van der Waals surface area contributed by atoms with Gasteiger partial charge in [0.25, 0.3) is 11.6 Å². The lowest BCUT2D eigenvalue weighted by Gasteiger charge is -2.30. The highest BCUT2D eigenvalue weighted by Crippen LogP contribution is 2.28. The number of piperidine rings is 1. The maximum Gasteiger partial charge on any atom is 0.271 e. The first-order valence-electron chi connectivity index (χ1n) is 7.02. The molecule has 0 unspecified atom stereocenters. The van der Waals surface area contributed by atoms with Gasteiger partial charge in [0, 0.05) is 31.1 Å². The maximum atomic E-state index is 12.1. The highest BCUT2D eigenvalue weighted by atomic mass is 35.5. The predicted octanol–water partition coefficient (Wildman–Crippen LogP) is 1.35. The summed E-state index contributed by atoms with van der Waals surface area (Å²) in [5, 5.41) is 10.7. The molecule has 124 valence electrons. The zero-order valence-electron chi connectivity index (χ0n) is 12.2. The van der Waals surface area contributed by atoms with Crippen LogP contribution in [0.25, 0.3) is 0 Å². The molecule has 2 amide bonds. The zero-order chi connectivity index (χ0) is 17.0. The number of halogens is 1. The molecular formula is C14H16ClN3O5. The fourth-order valence-electron chi connectivity index (χ4n) is 2.36. The lowest BCUT2D eigenvalue weighted by Crippen LogP contribution is -2.43. The van der Waals surface area contributed by atoms with E-state index in [9.17, 15) is 19.7 Å². The Kier molecular flexibility index (Phi) is 5.38. The number of non-ortho nitro benzene ring substituents is 1. The molecule has 8 nitrogen and oxygen atoms in total. The molecule has 0 atom stereocenters. The van der Waals surface area contributed by atoms with E-state index < -0.39 is 4.92 Å². The van der Waals surface area contributed by atoms with Crippen LogP contribution < -0.4 is 10.5 Å². The molecule has 1 aliphatic rings. The second kappa shape index (κ2) is 7.28. The van der Waals surface area contributed by atoms with Crippen molar-refractivity contribution in [3.63, 3.8) is 0 Å². The Balaban J connectivity index is 1.88. The average Bonchev–Trinajstić information content (AvgIpc) is 2.53. The fraction of sp³-hybridized carbons (Fsp3) is 0.429. The Labute approximate surface area is 137 Å². The highest BCUT2D eigenvalue weighted by Gasteiger charge is 2.26. The molecule has 1 aromatic carbocycles. The minimum absolute atomic E-state index is 0.0689. The Morgan fingerprint density at radius 3 is 2.57 bits per heavy atom. The summed E-state index contributed by atoms with van der Waals surface area (Å²) in [7, 11) is 0. The molecule has 0 aliphatic carbocycles. The van der Waals surface area contributed by atoms with Crippen LogP contribution >= 0.6 is 11.6 Å². The Hall–Kier alpha value is -2.35. The van der Waals surface area contributed by atoms with Crippen LogP contribution in [0.1, 0.15) is 12.8 Å². The third-order valence-electron chi connectivity index (χ3n) is 3.73. The number of carbonyl (C=O) groups is 2. The van der Waals surface area contributed by atoms with E-state index in [-0.39, 0.29) is 40.8 Å². The topological polar surface area (TPSA) is 116 Å². The SMILES string of the molecule is NC(=O)C1CCN(C(=O)COc2ccc([N+](=O)[O-])cc2Cl)CC1. The van der Waals surface area contributed by atoms with Gasteiger partial charge in [0.2, 0.25) is 5.91 Å². The molecule has 0 radical (unpaired) electrons. The molecule has 1 fully saturated rings. The van der Waals surface area contributed by atoms with E-state index in [2.05, 4.69) is 0 Å². The van der Waals surface area contributed by atoms with Crippen LogP contribution in [0.3, 0.4) is 0 Å². The van der Waals surface area contributed by atoms with Gasteiger partial charge >= 0.3 is 0 Å². The Morgan fingerprint density at radius 1 is 1.39 bits per heavy atom. The number of rotatable bonds is 5. The lowest BCUT2D eigenvalue weighted by atomic mass is 9.96. The van der Waals surface area contributed by atoms with Crippen LogP contribution in [0.4, 0.5) is 5.69 Å². The van der Waals surface area contributed by atoms with Crippen molar-refractivity contribution in [1.29, 1.82) is 0 Å². The smallest absolute Gasteiger partial charge is 0.271 e. The van der Waals surface area contributed by atoms with Gasteiger partial charge in [0.1, 0.15) is 5.75 Å². The summed E-state index contributed by atoms with van der Waals surface area (Å²) in [4.78, 5) is 34.8. The Morgan fingerprint density at radius 2 is 2.04 bits per heavy atom. The van der Waals surface area contributed by atoms with Crippen LogP contribution in [0, 0.1) is 16.0 Å². The minimum Gasteiger partial charge on any atom is -0.482 e. The first kappa shape index (κ1) is 17.0. The van der Waals surface area contributed by atoms with Crippen molar-refractivity contribution >= 4 is 29.1 Å². The van der Waals surface area contributed by atoms with E-state index >= 15 is 0 Å². The standard InChI is InChI=1S/C14H16ClN3O5/c15-11-7-10(18(21)22)1-2-12(11)23-8-13(19)17-5-3-9(4-6-17)14(16)20/h1-2,7,9H,3-6,8H2,(H2,16,20). The van der Waals surface area contributed by atoms with Gasteiger partial charge in [-0.15, -0.1) is 0 Å². The molecule has 1 saturated heterocycles. The minimum atomic E-state index is -0.566. The zero-order valence-corrected chi connectivity index (χ0v) is 13.0. The van der Waals surface area contributed by atoms with Crippen molar-refractivity contribution in [3.8, 4) is 5.75 Å². The number of hydrogen-bond donors (Lipinski definition) is 1. The molecule has 9 heteroatoms. The quantitative estimate of drug-likeness (QED) is 0.641. The Bertz CT molecular complexity index is 629. The highest BCUT2D eigenvalue weighted by molar-refractivity contribution is 6.32. The molecular weight excluding hydrogens is 326 g/mol. The summed E-state index contributed by atoms with van der Waals surface area (Å²) in [6, 6.07) is 3.77. The largest absolute Gasteiger partial charge is 0.482 e. The number of amides is 2. The number of primary amides is 1. The van der Waals surface area contributed by atoms with E-state index in [1.165, 1.54) is 18.2 Å². The van der Waals surface area contributed by atoms with Crippen molar-refractivity contribution in [2.24, 2.45) is 11.7 Å². The monoisotopic (exact) mass is 341 g/mol. The van der Waals surface area contributed by atoms with Gasteiger partial charge in [-0.3, -0.25) is 19.7 Å². The van der Waals surface area contributed by atoms with Crippen LogP contribution in [-0.2, 0) is 9.59 Å². The van der Waals surface area contributed by atoms with Crippen LogP contribution in [0.5, 0.6) is 5.75 Å². The molecule has 23 heavy (non-hydrogen) atoms. The molecule has 1 aromatic rings. The summed E-state index contributed by atoms with van der Waals surface area (Å²) in [5.74, 6) is -0.560. The van der Waals surface area contributed by atoms with Gasteiger partial charge in [-0.2, -0.15) is 0 Å². The van der Waals surface area contributed by atoms with Crippen molar-refractivity contribution in [1.82, 2.24) is 4.90 Å². The van der Waals surface area contributed by atoms with Gasteiger partial charge < -0.3 is 15.4 Å². The second-order valence-corrected chi connectivity index (χ2v) is 5.63. The summed E-state index contributed by atoms with van der Waals surface area (Å²) < 4.78 is 5.32. The number of carbonyl (C=O) groups excluding carboxylic acids is 2. The lowest BCUT2D eigenvalue weighted by molar-refractivity contribution is -0.384. The molecule has 0 spiro atoms. The molecule has 2 rings (SSSR count). The summed E-state index contributed by atoms with van der Waals surface area (Å²) >= 11 is 5.89. The summed E-state index contributed by atoms with van der Waals surface area (Å²) in [6.07, 6.45) is 1.08. The average molecular weight is 342 g/mol. The number of nitrogens with zero attached hydrogens (tertiary/aromatic N) is 2. The third kappa shape index (κ3) is 4.32. The number of likely N-dealkylation sites (tertiary alicyclic amines) is 1.